The first-order valence-electron chi connectivity index (χ1n) is 4.38. The molecule has 2 aromatic rings. The average molecular weight is 188 g/mol. The van der Waals surface area contributed by atoms with Crippen molar-refractivity contribution in [2.24, 2.45) is 7.05 Å². The highest BCUT2D eigenvalue weighted by Gasteiger charge is 2.04. The Morgan fingerprint density at radius 2 is 2.14 bits per heavy atom. The van der Waals surface area contributed by atoms with E-state index in [1.807, 2.05) is 32.4 Å². The number of nitrogen functional groups attached to an aromatic ring is 1. The number of nitrogens with two attached hydrogens (primary N) is 1. The van der Waals surface area contributed by atoms with E-state index in [1.165, 1.54) is 0 Å². The summed E-state index contributed by atoms with van der Waals surface area (Å²) in [5.41, 5.74) is 8.84. The van der Waals surface area contributed by atoms with Gasteiger partial charge in [0.1, 0.15) is 5.82 Å². The van der Waals surface area contributed by atoms with Gasteiger partial charge in [-0.25, -0.2) is 4.98 Å². The number of nitrogens with zero attached hydrogens (tertiary/aromatic N) is 3. The predicted molar refractivity (Wildman–Crippen MR) is 55.6 cm³/mol. The molecule has 0 bridgehead atoms. The van der Waals surface area contributed by atoms with E-state index in [1.54, 1.807) is 10.9 Å². The lowest BCUT2D eigenvalue weighted by Crippen LogP contribution is -1.92. The van der Waals surface area contributed by atoms with Gasteiger partial charge in [0.2, 0.25) is 0 Å². The van der Waals surface area contributed by atoms with Gasteiger partial charge in [-0.2, -0.15) is 5.10 Å². The molecule has 0 saturated carbocycles. The third kappa shape index (κ3) is 1.46. The van der Waals surface area contributed by atoms with E-state index in [0.29, 0.717) is 5.82 Å². The van der Waals surface area contributed by atoms with E-state index in [0.717, 1.165) is 16.7 Å². The second-order valence-corrected chi connectivity index (χ2v) is 3.33. The summed E-state index contributed by atoms with van der Waals surface area (Å²) in [5.74, 6) is 0.551. The van der Waals surface area contributed by atoms with Crippen molar-refractivity contribution in [1.82, 2.24) is 14.8 Å². The first-order chi connectivity index (χ1) is 6.66. The van der Waals surface area contributed by atoms with E-state index in [9.17, 15) is 0 Å². The summed E-state index contributed by atoms with van der Waals surface area (Å²) in [6.45, 7) is 2.01. The van der Waals surface area contributed by atoms with Crippen LogP contribution in [0.3, 0.4) is 0 Å². The second kappa shape index (κ2) is 3.14. The number of hydrogen-bond acceptors (Lipinski definition) is 3. The van der Waals surface area contributed by atoms with Crippen molar-refractivity contribution < 1.29 is 0 Å². The fourth-order valence-corrected chi connectivity index (χ4v) is 1.44. The second-order valence-electron chi connectivity index (χ2n) is 3.33. The van der Waals surface area contributed by atoms with Crippen LogP contribution in [-0.4, -0.2) is 14.8 Å². The van der Waals surface area contributed by atoms with Crippen molar-refractivity contribution >= 4 is 5.82 Å². The molecule has 0 unspecified atom stereocenters. The molecule has 0 radical (unpaired) electrons. The molecule has 0 spiro atoms. The fourth-order valence-electron chi connectivity index (χ4n) is 1.44. The Morgan fingerprint density at radius 1 is 1.36 bits per heavy atom. The molecule has 0 aliphatic carbocycles. The van der Waals surface area contributed by atoms with Crippen LogP contribution in [0.25, 0.3) is 11.1 Å². The Balaban J connectivity index is 2.52. The molecule has 0 aliphatic rings. The molecule has 0 aliphatic heterocycles. The van der Waals surface area contributed by atoms with E-state index in [-0.39, 0.29) is 0 Å². The van der Waals surface area contributed by atoms with Crippen LogP contribution in [0.5, 0.6) is 0 Å². The molecule has 14 heavy (non-hydrogen) atoms. The van der Waals surface area contributed by atoms with E-state index in [4.69, 9.17) is 5.73 Å². The molecular weight excluding hydrogens is 176 g/mol. The minimum absolute atomic E-state index is 0.551. The SMILES string of the molecule is Cc1cc(N)ncc1-c1cnn(C)c1. The first kappa shape index (κ1) is 8.74. The summed E-state index contributed by atoms with van der Waals surface area (Å²) in [5, 5.41) is 4.11. The van der Waals surface area contributed by atoms with Crippen molar-refractivity contribution in [3.63, 3.8) is 0 Å². The van der Waals surface area contributed by atoms with Gasteiger partial charge in [-0.1, -0.05) is 0 Å². The maximum absolute atomic E-state index is 5.58. The number of rotatable bonds is 1. The van der Waals surface area contributed by atoms with Crippen molar-refractivity contribution in [3.05, 3.63) is 30.2 Å². The number of aryl methyl sites for hydroxylation is 2. The zero-order valence-corrected chi connectivity index (χ0v) is 8.23. The third-order valence-corrected chi connectivity index (χ3v) is 2.15. The zero-order chi connectivity index (χ0) is 10.1. The molecule has 0 amide bonds. The minimum Gasteiger partial charge on any atom is -0.384 e. The largest absolute Gasteiger partial charge is 0.384 e. The van der Waals surface area contributed by atoms with Crippen LogP contribution in [0.2, 0.25) is 0 Å². The molecule has 2 aromatic heterocycles. The Morgan fingerprint density at radius 3 is 2.71 bits per heavy atom. The summed E-state index contributed by atoms with van der Waals surface area (Å²) in [4.78, 5) is 4.07. The fraction of sp³-hybridized carbons (Fsp3) is 0.200. The van der Waals surface area contributed by atoms with Gasteiger partial charge in [-0.15, -0.1) is 0 Å². The molecule has 72 valence electrons. The Hall–Kier alpha value is -1.84. The molecule has 0 saturated heterocycles. The number of pyridine rings is 1. The molecule has 0 atom stereocenters. The molecular formula is C10H12N4. The highest BCUT2D eigenvalue weighted by Crippen LogP contribution is 2.22. The summed E-state index contributed by atoms with van der Waals surface area (Å²) >= 11 is 0. The summed E-state index contributed by atoms with van der Waals surface area (Å²) < 4.78 is 1.77. The number of hydrogen-bond donors (Lipinski definition) is 1. The van der Waals surface area contributed by atoms with Gasteiger partial charge < -0.3 is 5.73 Å². The Bertz CT molecular complexity index is 459. The normalized spacial score (nSPS) is 10.4. The van der Waals surface area contributed by atoms with E-state index >= 15 is 0 Å². The van der Waals surface area contributed by atoms with Crippen LogP contribution < -0.4 is 5.73 Å². The van der Waals surface area contributed by atoms with E-state index in [2.05, 4.69) is 10.1 Å². The standard InChI is InChI=1S/C10H12N4/c1-7-3-10(11)12-5-9(7)8-4-13-14(2)6-8/h3-6H,1-2H3,(H2,11,12). The van der Waals surface area contributed by atoms with E-state index < -0.39 is 0 Å². The van der Waals surface area contributed by atoms with Crippen LogP contribution in [0, 0.1) is 6.92 Å². The summed E-state index contributed by atoms with van der Waals surface area (Å²) in [6.07, 6.45) is 5.56. The molecule has 0 aromatic carbocycles. The average Bonchev–Trinajstić information content (AvgIpc) is 2.51. The van der Waals surface area contributed by atoms with Gasteiger partial charge in [0.05, 0.1) is 6.20 Å². The van der Waals surface area contributed by atoms with Crippen molar-refractivity contribution in [3.8, 4) is 11.1 Å². The number of anilines is 1. The zero-order valence-electron chi connectivity index (χ0n) is 8.23. The molecule has 4 heteroatoms. The molecule has 2 heterocycles. The monoisotopic (exact) mass is 188 g/mol. The lowest BCUT2D eigenvalue weighted by molar-refractivity contribution is 0.768. The summed E-state index contributed by atoms with van der Waals surface area (Å²) in [7, 11) is 1.89. The van der Waals surface area contributed by atoms with Crippen LogP contribution in [-0.2, 0) is 7.05 Å². The summed E-state index contributed by atoms with van der Waals surface area (Å²) in [6, 6.07) is 1.86. The highest BCUT2D eigenvalue weighted by molar-refractivity contribution is 5.66. The van der Waals surface area contributed by atoms with Gasteiger partial charge in [0.25, 0.3) is 0 Å². The van der Waals surface area contributed by atoms with Gasteiger partial charge in [-0.05, 0) is 18.6 Å². The Kier molecular flexibility index (Phi) is 1.96. The van der Waals surface area contributed by atoms with Gasteiger partial charge in [-0.3, -0.25) is 4.68 Å². The van der Waals surface area contributed by atoms with Crippen LogP contribution in [0.4, 0.5) is 5.82 Å². The lowest BCUT2D eigenvalue weighted by Gasteiger charge is -2.02. The smallest absolute Gasteiger partial charge is 0.123 e. The molecule has 0 fully saturated rings. The quantitative estimate of drug-likeness (QED) is 0.735. The van der Waals surface area contributed by atoms with Gasteiger partial charge >= 0.3 is 0 Å². The minimum atomic E-state index is 0.551. The van der Waals surface area contributed by atoms with Crippen LogP contribution in [0.15, 0.2) is 24.7 Å². The lowest BCUT2D eigenvalue weighted by atomic mass is 10.1. The van der Waals surface area contributed by atoms with Gasteiger partial charge in [0.15, 0.2) is 0 Å². The Labute approximate surface area is 82.4 Å². The topological polar surface area (TPSA) is 56.7 Å². The van der Waals surface area contributed by atoms with Crippen LogP contribution >= 0.6 is 0 Å². The molecule has 2 rings (SSSR count). The van der Waals surface area contributed by atoms with Gasteiger partial charge in [0, 0.05) is 30.6 Å². The predicted octanol–water partition coefficient (Wildman–Crippen LogP) is 1.37. The maximum Gasteiger partial charge on any atom is 0.123 e. The maximum atomic E-state index is 5.58. The van der Waals surface area contributed by atoms with Crippen molar-refractivity contribution in [1.29, 1.82) is 0 Å². The molecule has 4 nitrogen and oxygen atoms in total. The molecule has 2 N–H and O–H groups in total. The third-order valence-electron chi connectivity index (χ3n) is 2.15. The highest BCUT2D eigenvalue weighted by atomic mass is 15.2. The number of aromatic nitrogens is 3. The first-order valence-corrected chi connectivity index (χ1v) is 4.38. The van der Waals surface area contributed by atoms with Crippen LogP contribution in [0.1, 0.15) is 5.56 Å². The van der Waals surface area contributed by atoms with Crippen molar-refractivity contribution in [2.75, 3.05) is 5.73 Å². The van der Waals surface area contributed by atoms with Crippen molar-refractivity contribution in [2.45, 2.75) is 6.92 Å².